The third-order valence-electron chi connectivity index (χ3n) is 3.60. The van der Waals surface area contributed by atoms with E-state index in [2.05, 4.69) is 10.3 Å². The highest BCUT2D eigenvalue weighted by Gasteiger charge is 2.15. The van der Waals surface area contributed by atoms with Crippen LogP contribution >= 0.6 is 0 Å². The van der Waals surface area contributed by atoms with Crippen molar-refractivity contribution in [3.63, 3.8) is 0 Å². The van der Waals surface area contributed by atoms with Crippen LogP contribution < -0.4 is 11.1 Å². The molecule has 2 aromatic carbocycles. The molecule has 0 aliphatic heterocycles. The van der Waals surface area contributed by atoms with Crippen molar-refractivity contribution in [2.75, 3.05) is 5.73 Å². The Morgan fingerprint density at radius 2 is 1.95 bits per heavy atom. The number of nitrogens with two attached hydrogens (primary N) is 1. The van der Waals surface area contributed by atoms with E-state index in [1.165, 1.54) is 0 Å². The van der Waals surface area contributed by atoms with Crippen LogP contribution in [0.15, 0.2) is 54.7 Å². The molecule has 21 heavy (non-hydrogen) atoms. The van der Waals surface area contributed by atoms with E-state index in [9.17, 15) is 4.79 Å². The summed E-state index contributed by atoms with van der Waals surface area (Å²) < 4.78 is 0. The Bertz CT molecular complexity index is 777. The highest BCUT2D eigenvalue weighted by atomic mass is 16.1. The second-order valence-electron chi connectivity index (χ2n) is 5.11. The maximum Gasteiger partial charge on any atom is 0.253 e. The summed E-state index contributed by atoms with van der Waals surface area (Å²) >= 11 is 0. The average Bonchev–Trinajstić information content (AvgIpc) is 2.91. The van der Waals surface area contributed by atoms with Gasteiger partial charge in [0.25, 0.3) is 5.91 Å². The molecule has 0 radical (unpaired) electrons. The number of hydrogen-bond donors (Lipinski definition) is 3. The Balaban J connectivity index is 1.86. The van der Waals surface area contributed by atoms with Gasteiger partial charge in [-0.3, -0.25) is 4.79 Å². The van der Waals surface area contributed by atoms with Crippen LogP contribution in [0.5, 0.6) is 0 Å². The molecule has 3 aromatic rings. The van der Waals surface area contributed by atoms with Gasteiger partial charge in [0.1, 0.15) is 0 Å². The van der Waals surface area contributed by atoms with E-state index in [0.29, 0.717) is 11.3 Å². The molecule has 3 rings (SSSR count). The Morgan fingerprint density at radius 3 is 2.71 bits per heavy atom. The van der Waals surface area contributed by atoms with Gasteiger partial charge in [-0.1, -0.05) is 30.3 Å². The number of hydrogen-bond acceptors (Lipinski definition) is 2. The molecule has 0 unspecified atom stereocenters. The van der Waals surface area contributed by atoms with Crippen LogP contribution in [0.2, 0.25) is 0 Å². The van der Waals surface area contributed by atoms with Crippen LogP contribution in [0.3, 0.4) is 0 Å². The van der Waals surface area contributed by atoms with E-state index in [1.807, 2.05) is 55.5 Å². The first-order valence-corrected chi connectivity index (χ1v) is 6.87. The summed E-state index contributed by atoms with van der Waals surface area (Å²) in [7, 11) is 0. The number of aromatic nitrogens is 1. The molecule has 1 amide bonds. The SMILES string of the molecule is C[C@H](NC(=O)c1c[nH]c2ccc(N)cc12)c1ccccc1. The lowest BCUT2D eigenvalue weighted by Crippen LogP contribution is -2.26. The zero-order chi connectivity index (χ0) is 14.8. The van der Waals surface area contributed by atoms with Crippen LogP contribution in [-0.4, -0.2) is 10.9 Å². The molecule has 1 atom stereocenters. The molecule has 0 saturated heterocycles. The van der Waals surface area contributed by atoms with Gasteiger partial charge in [0, 0.05) is 22.8 Å². The number of aromatic amines is 1. The minimum Gasteiger partial charge on any atom is -0.399 e. The molecule has 4 heteroatoms. The summed E-state index contributed by atoms with van der Waals surface area (Å²) in [6.45, 7) is 1.97. The van der Waals surface area contributed by atoms with Crippen molar-refractivity contribution in [3.8, 4) is 0 Å². The Hall–Kier alpha value is -2.75. The first-order chi connectivity index (χ1) is 10.1. The van der Waals surface area contributed by atoms with Gasteiger partial charge < -0.3 is 16.0 Å². The minimum atomic E-state index is -0.108. The van der Waals surface area contributed by atoms with Crippen LogP contribution in [0.1, 0.15) is 28.9 Å². The third kappa shape index (κ3) is 2.60. The number of rotatable bonds is 3. The van der Waals surface area contributed by atoms with Gasteiger partial charge in [-0.25, -0.2) is 0 Å². The Labute approximate surface area is 123 Å². The Morgan fingerprint density at radius 1 is 1.19 bits per heavy atom. The summed E-state index contributed by atoms with van der Waals surface area (Å²) in [6, 6.07) is 15.3. The second-order valence-corrected chi connectivity index (χ2v) is 5.11. The standard InChI is InChI=1S/C17H17N3O/c1-11(12-5-3-2-4-6-12)20-17(21)15-10-19-16-8-7-13(18)9-14(15)16/h2-11,19H,18H2,1H3,(H,20,21)/t11-/m0/s1. The van der Waals surface area contributed by atoms with E-state index in [-0.39, 0.29) is 11.9 Å². The van der Waals surface area contributed by atoms with Crippen LogP contribution in [0.25, 0.3) is 10.9 Å². The third-order valence-corrected chi connectivity index (χ3v) is 3.60. The minimum absolute atomic E-state index is 0.0512. The summed E-state index contributed by atoms with van der Waals surface area (Å²) in [5, 5.41) is 3.85. The van der Waals surface area contributed by atoms with Crippen LogP contribution in [0, 0.1) is 0 Å². The number of carbonyl (C=O) groups excluding carboxylic acids is 1. The van der Waals surface area contributed by atoms with Crippen molar-refractivity contribution >= 4 is 22.5 Å². The summed E-state index contributed by atoms with van der Waals surface area (Å²) in [5.41, 5.74) is 9.03. The average molecular weight is 279 g/mol. The fourth-order valence-electron chi connectivity index (χ4n) is 2.43. The first kappa shape index (κ1) is 13.2. The molecule has 1 heterocycles. The van der Waals surface area contributed by atoms with Crippen LogP contribution in [-0.2, 0) is 0 Å². The van der Waals surface area contributed by atoms with Crippen molar-refractivity contribution in [1.29, 1.82) is 0 Å². The number of fused-ring (bicyclic) bond motifs is 1. The summed E-state index contributed by atoms with van der Waals surface area (Å²) in [6.07, 6.45) is 1.72. The largest absolute Gasteiger partial charge is 0.399 e. The number of nitrogen functional groups attached to an aromatic ring is 1. The first-order valence-electron chi connectivity index (χ1n) is 6.87. The Kier molecular flexibility index (Phi) is 3.36. The highest BCUT2D eigenvalue weighted by Crippen LogP contribution is 2.22. The van der Waals surface area contributed by atoms with Gasteiger partial charge >= 0.3 is 0 Å². The fraction of sp³-hybridized carbons (Fsp3) is 0.118. The molecule has 0 bridgehead atoms. The molecule has 0 aliphatic rings. The zero-order valence-electron chi connectivity index (χ0n) is 11.8. The van der Waals surface area contributed by atoms with E-state index < -0.39 is 0 Å². The molecule has 1 aromatic heterocycles. The highest BCUT2D eigenvalue weighted by molar-refractivity contribution is 6.07. The quantitative estimate of drug-likeness (QED) is 0.644. The van der Waals surface area contributed by atoms with E-state index in [4.69, 9.17) is 5.73 Å². The van der Waals surface area contributed by atoms with Gasteiger partial charge in [0.2, 0.25) is 0 Å². The number of carbonyl (C=O) groups is 1. The lowest BCUT2D eigenvalue weighted by molar-refractivity contribution is 0.0941. The zero-order valence-corrected chi connectivity index (χ0v) is 11.8. The predicted octanol–water partition coefficient (Wildman–Crippen LogP) is 3.24. The lowest BCUT2D eigenvalue weighted by atomic mass is 10.1. The monoisotopic (exact) mass is 279 g/mol. The maximum atomic E-state index is 12.4. The molecular formula is C17H17N3O. The maximum absolute atomic E-state index is 12.4. The number of benzene rings is 2. The van der Waals surface area contributed by atoms with Gasteiger partial charge in [-0.2, -0.15) is 0 Å². The van der Waals surface area contributed by atoms with Gasteiger partial charge in [0.05, 0.1) is 11.6 Å². The van der Waals surface area contributed by atoms with Crippen LogP contribution in [0.4, 0.5) is 5.69 Å². The van der Waals surface area contributed by atoms with Gasteiger partial charge in [-0.05, 0) is 30.7 Å². The lowest BCUT2D eigenvalue weighted by Gasteiger charge is -2.13. The number of H-pyrrole nitrogens is 1. The van der Waals surface area contributed by atoms with Crippen molar-refractivity contribution < 1.29 is 4.79 Å². The molecule has 106 valence electrons. The molecule has 0 saturated carbocycles. The predicted molar refractivity (Wildman–Crippen MR) is 85.0 cm³/mol. The van der Waals surface area contributed by atoms with Crippen molar-refractivity contribution in [2.24, 2.45) is 0 Å². The molecule has 0 fully saturated rings. The van der Waals surface area contributed by atoms with E-state index in [0.717, 1.165) is 16.5 Å². The van der Waals surface area contributed by atoms with Crippen molar-refractivity contribution in [3.05, 3.63) is 65.9 Å². The molecule has 0 aliphatic carbocycles. The summed E-state index contributed by atoms with van der Waals surface area (Å²) in [5.74, 6) is -0.108. The number of anilines is 1. The topological polar surface area (TPSA) is 70.9 Å². The smallest absolute Gasteiger partial charge is 0.253 e. The van der Waals surface area contributed by atoms with E-state index >= 15 is 0 Å². The molecular weight excluding hydrogens is 262 g/mol. The molecule has 4 N–H and O–H groups in total. The number of amides is 1. The second kappa shape index (κ2) is 5.32. The van der Waals surface area contributed by atoms with Crippen molar-refractivity contribution in [2.45, 2.75) is 13.0 Å². The number of nitrogens with one attached hydrogen (secondary N) is 2. The normalized spacial score (nSPS) is 12.2. The van der Waals surface area contributed by atoms with E-state index in [1.54, 1.807) is 6.20 Å². The molecule has 4 nitrogen and oxygen atoms in total. The molecule has 0 spiro atoms. The van der Waals surface area contributed by atoms with Crippen molar-refractivity contribution in [1.82, 2.24) is 10.3 Å². The van der Waals surface area contributed by atoms with Gasteiger partial charge in [0.15, 0.2) is 0 Å². The summed E-state index contributed by atoms with van der Waals surface area (Å²) in [4.78, 5) is 15.5. The van der Waals surface area contributed by atoms with Gasteiger partial charge in [-0.15, -0.1) is 0 Å². The fourth-order valence-corrected chi connectivity index (χ4v) is 2.43.